The van der Waals surface area contributed by atoms with E-state index in [-0.39, 0.29) is 71.2 Å². The molecule has 4 aliphatic rings. The molecule has 0 bridgehead atoms. The second-order valence-electron chi connectivity index (χ2n) is 17.3. The molecule has 1 atom stereocenters. The van der Waals surface area contributed by atoms with Gasteiger partial charge < -0.3 is 35.7 Å². The Morgan fingerprint density at radius 3 is 2.37 bits per heavy atom. The fourth-order valence-electron chi connectivity index (χ4n) is 9.25. The van der Waals surface area contributed by atoms with E-state index in [4.69, 9.17) is 5.73 Å². The monoisotopic (exact) mass is 866 g/mol. The van der Waals surface area contributed by atoms with Crippen molar-refractivity contribution in [2.24, 2.45) is 18.7 Å². The number of rotatable bonds is 17. The SMILES string of the molecule is Cn1cc2c3c(c(C(=O)NCCN)[nH]c3c1=O)CN(CC1CC1)c1cc(C(=O)NCCCCCCCc3cccc4c3CN(C3CCC(=O)NC3=O)C4=O)c(CS(C)(=O)=O)cc1-2. The number of piperidine rings is 1. The van der Waals surface area contributed by atoms with Crippen LogP contribution >= 0.6 is 0 Å². The summed E-state index contributed by atoms with van der Waals surface area (Å²) in [6, 6.07) is 8.61. The highest BCUT2D eigenvalue weighted by Gasteiger charge is 2.40. The second kappa shape index (κ2) is 17.5. The first-order chi connectivity index (χ1) is 29.7. The fourth-order valence-corrected chi connectivity index (χ4v) is 10.1. The molecule has 1 unspecified atom stereocenters. The summed E-state index contributed by atoms with van der Waals surface area (Å²) < 4.78 is 27.1. The summed E-state index contributed by atoms with van der Waals surface area (Å²) in [5.74, 6) is -1.60. The van der Waals surface area contributed by atoms with Crippen molar-refractivity contribution in [3.8, 4) is 11.1 Å². The van der Waals surface area contributed by atoms with Crippen molar-refractivity contribution in [2.45, 2.75) is 89.1 Å². The molecule has 5 amide bonds. The van der Waals surface area contributed by atoms with E-state index in [9.17, 15) is 37.2 Å². The standard InChI is InChI=1S/C45H54N8O8S/c1-51-22-33-31-19-28(25-62(2,60)61)30(20-36(31)52(21-26-12-13-26)23-34-38(33)40(45(51)59)50-39(34)43(57)48-18-16-46)41(55)47-17-7-5-3-4-6-9-27-10-8-11-29-32(27)24-53(44(29)58)35-14-15-37(54)49-42(35)56/h8,10-11,19-20,22,26,35,50H,3-7,9,12-18,21,23-25,46H2,1-2H3,(H,47,55)(H,48,57)(H,49,54,56). The van der Waals surface area contributed by atoms with E-state index in [2.05, 4.69) is 25.8 Å². The number of benzene rings is 2. The van der Waals surface area contributed by atoms with Gasteiger partial charge in [-0.15, -0.1) is 0 Å². The molecule has 328 valence electrons. The van der Waals surface area contributed by atoms with Crippen LogP contribution in [-0.2, 0) is 51.7 Å². The highest BCUT2D eigenvalue weighted by Crippen LogP contribution is 2.45. The highest BCUT2D eigenvalue weighted by atomic mass is 32.2. The summed E-state index contributed by atoms with van der Waals surface area (Å²) in [5, 5.41) is 8.83. The number of aryl methyl sites for hydroxylation is 2. The summed E-state index contributed by atoms with van der Waals surface area (Å²) in [4.78, 5) is 85.2. The second-order valence-corrected chi connectivity index (χ2v) is 19.4. The Morgan fingerprint density at radius 1 is 0.871 bits per heavy atom. The molecule has 62 heavy (non-hydrogen) atoms. The number of sulfone groups is 1. The number of fused-ring (bicyclic) bond motifs is 3. The number of unbranched alkanes of at least 4 members (excludes halogenated alkanes) is 4. The Labute approximate surface area is 359 Å². The van der Waals surface area contributed by atoms with Gasteiger partial charge in [-0.05, 0) is 79.3 Å². The number of anilines is 1. The number of imide groups is 1. The van der Waals surface area contributed by atoms with Gasteiger partial charge >= 0.3 is 0 Å². The molecule has 2 aromatic heterocycles. The van der Waals surface area contributed by atoms with Crippen molar-refractivity contribution in [1.29, 1.82) is 0 Å². The van der Waals surface area contributed by atoms with Gasteiger partial charge in [0, 0.05) is 104 Å². The quantitative estimate of drug-likeness (QED) is 0.0770. The zero-order valence-corrected chi connectivity index (χ0v) is 36.0. The number of nitrogens with zero attached hydrogens (tertiary/aromatic N) is 3. The van der Waals surface area contributed by atoms with Gasteiger partial charge in [-0.2, -0.15) is 0 Å². The molecule has 1 saturated carbocycles. The molecule has 5 heterocycles. The van der Waals surface area contributed by atoms with Crippen molar-refractivity contribution >= 4 is 56.0 Å². The van der Waals surface area contributed by atoms with E-state index >= 15 is 0 Å². The van der Waals surface area contributed by atoms with E-state index in [1.54, 1.807) is 36.3 Å². The third-order valence-electron chi connectivity index (χ3n) is 12.5. The Balaban J connectivity index is 0.944. The lowest BCUT2D eigenvalue weighted by atomic mass is 9.95. The minimum absolute atomic E-state index is 0.178. The van der Waals surface area contributed by atoms with Gasteiger partial charge in [-0.3, -0.25) is 34.1 Å². The van der Waals surface area contributed by atoms with Crippen LogP contribution in [0.1, 0.15) is 111 Å². The highest BCUT2D eigenvalue weighted by molar-refractivity contribution is 7.89. The van der Waals surface area contributed by atoms with Crippen LogP contribution in [0, 0.1) is 5.92 Å². The summed E-state index contributed by atoms with van der Waals surface area (Å²) in [6.07, 6.45) is 10.6. The van der Waals surface area contributed by atoms with Crippen LogP contribution in [0.25, 0.3) is 22.0 Å². The first kappa shape index (κ1) is 42.9. The summed E-state index contributed by atoms with van der Waals surface area (Å²) in [5.41, 5.74) is 12.0. The maximum Gasteiger partial charge on any atom is 0.274 e. The molecular weight excluding hydrogens is 813 g/mol. The third-order valence-corrected chi connectivity index (χ3v) is 13.3. The third kappa shape index (κ3) is 8.77. The molecule has 1 aliphatic carbocycles. The normalized spacial score (nSPS) is 17.2. The number of hydrogen-bond donors (Lipinski definition) is 5. The lowest BCUT2D eigenvalue weighted by Crippen LogP contribution is -2.52. The van der Waals surface area contributed by atoms with Gasteiger partial charge in [0.25, 0.3) is 23.3 Å². The van der Waals surface area contributed by atoms with E-state index < -0.39 is 21.8 Å². The molecule has 0 spiro atoms. The first-order valence-electron chi connectivity index (χ1n) is 21.6. The van der Waals surface area contributed by atoms with Gasteiger partial charge in [0.1, 0.15) is 17.3 Å². The maximum atomic E-state index is 14.0. The van der Waals surface area contributed by atoms with Crippen LogP contribution in [0.2, 0.25) is 0 Å². The number of pyridine rings is 1. The topological polar surface area (TPSA) is 226 Å². The maximum absolute atomic E-state index is 14.0. The van der Waals surface area contributed by atoms with Crippen molar-refractivity contribution in [1.82, 2.24) is 30.4 Å². The average Bonchev–Trinajstić information content (AvgIpc) is 3.90. The summed E-state index contributed by atoms with van der Waals surface area (Å²) in [6.45, 7) is 2.22. The molecule has 0 radical (unpaired) electrons. The first-order valence-corrected chi connectivity index (χ1v) is 23.6. The molecule has 17 heteroatoms. The Morgan fingerprint density at radius 2 is 1.63 bits per heavy atom. The van der Waals surface area contributed by atoms with E-state index in [0.29, 0.717) is 71.7 Å². The van der Waals surface area contributed by atoms with Crippen LogP contribution < -0.4 is 32.1 Å². The number of amides is 5. The van der Waals surface area contributed by atoms with Crippen LogP contribution in [0.15, 0.2) is 41.3 Å². The van der Waals surface area contributed by atoms with Gasteiger partial charge in [-0.25, -0.2) is 8.42 Å². The van der Waals surface area contributed by atoms with Gasteiger partial charge in [0.2, 0.25) is 11.8 Å². The molecular formula is C45H54N8O8S. The number of H-pyrrole nitrogens is 1. The Hall–Kier alpha value is -5.81. The average molecular weight is 867 g/mol. The van der Waals surface area contributed by atoms with Gasteiger partial charge in [0.15, 0.2) is 9.84 Å². The van der Waals surface area contributed by atoms with Crippen molar-refractivity contribution in [2.75, 3.05) is 37.3 Å². The predicted molar refractivity (Wildman–Crippen MR) is 234 cm³/mol. The molecule has 2 fully saturated rings. The molecule has 8 rings (SSSR count). The number of carbonyl (C=O) groups is 5. The molecule has 16 nitrogen and oxygen atoms in total. The summed E-state index contributed by atoms with van der Waals surface area (Å²) in [7, 11) is -1.94. The number of carbonyl (C=O) groups excluding carboxylic acids is 5. The van der Waals surface area contributed by atoms with Gasteiger partial charge in [0.05, 0.1) is 5.75 Å². The van der Waals surface area contributed by atoms with E-state index in [0.717, 1.165) is 74.4 Å². The molecule has 3 aliphatic heterocycles. The number of nitrogens with two attached hydrogens (primary N) is 1. The van der Waals surface area contributed by atoms with Gasteiger partial charge in [-0.1, -0.05) is 31.4 Å². The van der Waals surface area contributed by atoms with Crippen molar-refractivity contribution in [3.63, 3.8) is 0 Å². The zero-order chi connectivity index (χ0) is 43.9. The summed E-state index contributed by atoms with van der Waals surface area (Å²) >= 11 is 0. The van der Waals surface area contributed by atoms with Crippen molar-refractivity contribution in [3.05, 3.63) is 86.0 Å². The van der Waals surface area contributed by atoms with Crippen molar-refractivity contribution < 1.29 is 32.4 Å². The molecule has 6 N–H and O–H groups in total. The lowest BCUT2D eigenvalue weighted by molar-refractivity contribution is -0.136. The number of aromatic nitrogens is 2. The Kier molecular flexibility index (Phi) is 12.1. The van der Waals surface area contributed by atoms with Crippen LogP contribution in [0.4, 0.5) is 5.69 Å². The molecule has 2 aromatic carbocycles. The van der Waals surface area contributed by atoms with E-state index in [1.807, 2.05) is 12.1 Å². The lowest BCUT2D eigenvalue weighted by Gasteiger charge is -2.29. The van der Waals surface area contributed by atoms with E-state index in [1.165, 1.54) is 4.57 Å². The Bertz CT molecular complexity index is 2660. The fraction of sp³-hybridized carbons (Fsp3) is 0.467. The van der Waals surface area contributed by atoms with Crippen LogP contribution in [0.5, 0.6) is 0 Å². The number of nitrogens with one attached hydrogen (secondary N) is 4. The van der Waals surface area contributed by atoms with Crippen LogP contribution in [0.3, 0.4) is 0 Å². The predicted octanol–water partition coefficient (Wildman–Crippen LogP) is 3.18. The number of hydrogen-bond acceptors (Lipinski definition) is 10. The smallest absolute Gasteiger partial charge is 0.274 e. The molecule has 1 saturated heterocycles. The minimum Gasteiger partial charge on any atom is -0.366 e. The minimum atomic E-state index is -3.58. The zero-order valence-electron chi connectivity index (χ0n) is 35.2. The molecule has 4 aromatic rings. The number of aromatic amines is 1. The van der Waals surface area contributed by atoms with Crippen LogP contribution in [-0.4, -0.2) is 90.9 Å². The largest absolute Gasteiger partial charge is 0.366 e.